The highest BCUT2D eigenvalue weighted by Crippen LogP contribution is 2.40. The third kappa shape index (κ3) is 2.35. The Labute approximate surface area is 126 Å². The lowest BCUT2D eigenvalue weighted by molar-refractivity contribution is 0.0529. The molecule has 6 heteroatoms. The van der Waals surface area contributed by atoms with E-state index in [1.807, 2.05) is 17.7 Å². The van der Waals surface area contributed by atoms with Gasteiger partial charge < -0.3 is 9.84 Å². The number of ether oxygens (including phenoxy) is 1. The average molecular weight is 304 g/mol. The molecule has 0 amide bonds. The van der Waals surface area contributed by atoms with Gasteiger partial charge in [-0.15, -0.1) is 11.3 Å². The second-order valence-electron chi connectivity index (χ2n) is 4.81. The first-order chi connectivity index (χ1) is 10.1. The van der Waals surface area contributed by atoms with Gasteiger partial charge in [-0.25, -0.2) is 4.79 Å². The monoisotopic (exact) mass is 304 g/mol. The van der Waals surface area contributed by atoms with E-state index in [1.165, 1.54) is 11.3 Å². The summed E-state index contributed by atoms with van der Waals surface area (Å²) in [6.07, 6.45) is 5.12. The van der Waals surface area contributed by atoms with E-state index in [1.54, 1.807) is 13.0 Å². The standard InChI is InChI=1S/C15H16N2O3S/c1-3-20-15(19)14-11(18)8-12(21-14)13-9(2)16-17-7-5-4-6-10(13)17/h4,6,8,18H,3,5,7H2,1-2H3. The lowest BCUT2D eigenvalue weighted by atomic mass is 10.1. The van der Waals surface area contributed by atoms with Gasteiger partial charge in [-0.2, -0.15) is 5.10 Å². The molecule has 0 atom stereocenters. The highest BCUT2D eigenvalue weighted by molar-refractivity contribution is 7.17. The van der Waals surface area contributed by atoms with Crippen molar-refractivity contribution in [3.8, 4) is 16.2 Å². The summed E-state index contributed by atoms with van der Waals surface area (Å²) in [5, 5.41) is 14.5. The maximum absolute atomic E-state index is 11.8. The fourth-order valence-corrected chi connectivity index (χ4v) is 3.53. The Hall–Kier alpha value is -2.08. The van der Waals surface area contributed by atoms with Crippen LogP contribution >= 0.6 is 11.3 Å². The highest BCUT2D eigenvalue weighted by Gasteiger charge is 2.23. The molecular formula is C15H16N2O3S. The second kappa shape index (κ2) is 5.37. The molecule has 1 aliphatic heterocycles. The van der Waals surface area contributed by atoms with Crippen LogP contribution in [0.3, 0.4) is 0 Å². The molecule has 3 heterocycles. The summed E-state index contributed by atoms with van der Waals surface area (Å²) >= 11 is 1.24. The van der Waals surface area contributed by atoms with Crippen molar-refractivity contribution in [2.75, 3.05) is 6.61 Å². The molecule has 110 valence electrons. The van der Waals surface area contributed by atoms with Crippen molar-refractivity contribution in [2.24, 2.45) is 0 Å². The van der Waals surface area contributed by atoms with Crippen molar-refractivity contribution in [2.45, 2.75) is 26.8 Å². The highest BCUT2D eigenvalue weighted by atomic mass is 32.1. The van der Waals surface area contributed by atoms with Crippen LogP contribution in [0.4, 0.5) is 0 Å². The van der Waals surface area contributed by atoms with Crippen molar-refractivity contribution in [3.63, 3.8) is 0 Å². The molecule has 0 aliphatic carbocycles. The van der Waals surface area contributed by atoms with Gasteiger partial charge in [0, 0.05) is 17.0 Å². The van der Waals surface area contributed by atoms with Gasteiger partial charge in [-0.05, 0) is 32.4 Å². The number of thiophene rings is 1. The molecule has 0 unspecified atom stereocenters. The molecule has 2 aromatic heterocycles. The Balaban J connectivity index is 2.07. The van der Waals surface area contributed by atoms with E-state index >= 15 is 0 Å². The Morgan fingerprint density at radius 1 is 1.57 bits per heavy atom. The number of fused-ring (bicyclic) bond motifs is 1. The average Bonchev–Trinajstić information content (AvgIpc) is 2.98. The number of esters is 1. The molecule has 0 bridgehead atoms. The fourth-order valence-electron chi connectivity index (χ4n) is 2.48. The number of aromatic nitrogens is 2. The van der Waals surface area contributed by atoms with Crippen LogP contribution in [0.1, 0.15) is 34.4 Å². The lowest BCUT2D eigenvalue weighted by Crippen LogP contribution is -2.04. The molecule has 1 N–H and O–H groups in total. The Morgan fingerprint density at radius 3 is 3.14 bits per heavy atom. The van der Waals surface area contributed by atoms with Crippen LogP contribution in [0.25, 0.3) is 16.5 Å². The van der Waals surface area contributed by atoms with Gasteiger partial charge in [-0.3, -0.25) is 4.68 Å². The van der Waals surface area contributed by atoms with Gasteiger partial charge in [0.15, 0.2) is 4.88 Å². The SMILES string of the molecule is CCOC(=O)c1sc(-c2c(C)nn3c2C=CCC3)cc1O. The third-order valence-electron chi connectivity index (χ3n) is 3.37. The molecule has 0 saturated heterocycles. The smallest absolute Gasteiger partial charge is 0.352 e. The molecule has 0 spiro atoms. The predicted octanol–water partition coefficient (Wildman–Crippen LogP) is 3.22. The normalized spacial score (nSPS) is 13.2. The minimum Gasteiger partial charge on any atom is -0.506 e. The summed E-state index contributed by atoms with van der Waals surface area (Å²) in [7, 11) is 0. The van der Waals surface area contributed by atoms with Gasteiger partial charge >= 0.3 is 5.97 Å². The van der Waals surface area contributed by atoms with Crippen molar-refractivity contribution in [1.82, 2.24) is 9.78 Å². The molecule has 0 saturated carbocycles. The van der Waals surface area contributed by atoms with E-state index in [-0.39, 0.29) is 17.2 Å². The molecule has 3 rings (SSSR count). The third-order valence-corrected chi connectivity index (χ3v) is 4.49. The summed E-state index contributed by atoms with van der Waals surface area (Å²) in [5.74, 6) is -0.520. The zero-order chi connectivity index (χ0) is 15.0. The van der Waals surface area contributed by atoms with Gasteiger partial charge in [0.2, 0.25) is 0 Å². The summed E-state index contributed by atoms with van der Waals surface area (Å²) in [5.41, 5.74) is 2.89. The van der Waals surface area contributed by atoms with Crippen molar-refractivity contribution in [1.29, 1.82) is 0 Å². The van der Waals surface area contributed by atoms with Crippen molar-refractivity contribution < 1.29 is 14.6 Å². The van der Waals surface area contributed by atoms with Crippen LogP contribution in [-0.4, -0.2) is 27.5 Å². The molecule has 21 heavy (non-hydrogen) atoms. The van der Waals surface area contributed by atoms with Crippen LogP contribution in [-0.2, 0) is 11.3 Å². The van der Waals surface area contributed by atoms with Gasteiger partial charge in [0.05, 0.1) is 18.0 Å². The molecule has 5 nitrogen and oxygen atoms in total. The second-order valence-corrected chi connectivity index (χ2v) is 5.86. The number of allylic oxidation sites excluding steroid dienone is 1. The van der Waals surface area contributed by atoms with E-state index in [4.69, 9.17) is 4.74 Å². The number of carbonyl (C=O) groups excluding carboxylic acids is 1. The Bertz CT molecular complexity index is 728. The number of carbonyl (C=O) groups is 1. The summed E-state index contributed by atoms with van der Waals surface area (Å²) in [6.45, 7) is 4.83. The fraction of sp³-hybridized carbons (Fsp3) is 0.333. The van der Waals surface area contributed by atoms with Crippen LogP contribution < -0.4 is 0 Å². The van der Waals surface area contributed by atoms with Gasteiger partial charge in [0.25, 0.3) is 0 Å². The first-order valence-electron chi connectivity index (χ1n) is 6.86. The van der Waals surface area contributed by atoms with Crippen LogP contribution in [0, 0.1) is 6.92 Å². The maximum Gasteiger partial charge on any atom is 0.352 e. The van der Waals surface area contributed by atoms with Gasteiger partial charge in [-0.1, -0.05) is 6.08 Å². The van der Waals surface area contributed by atoms with Gasteiger partial charge in [0.1, 0.15) is 5.75 Å². The molecule has 0 fully saturated rings. The first-order valence-corrected chi connectivity index (χ1v) is 7.67. The molecular weight excluding hydrogens is 288 g/mol. The van der Waals surface area contributed by atoms with Crippen molar-refractivity contribution >= 4 is 23.4 Å². The molecule has 0 radical (unpaired) electrons. The van der Waals surface area contributed by atoms with E-state index < -0.39 is 5.97 Å². The largest absolute Gasteiger partial charge is 0.506 e. The maximum atomic E-state index is 11.8. The zero-order valence-corrected chi connectivity index (χ0v) is 12.7. The van der Waals surface area contributed by atoms with Crippen molar-refractivity contribution in [3.05, 3.63) is 28.4 Å². The number of hydrogen-bond acceptors (Lipinski definition) is 5. The minimum absolute atomic E-state index is 0.0346. The predicted molar refractivity (Wildman–Crippen MR) is 81.5 cm³/mol. The van der Waals surface area contributed by atoms with E-state index in [0.717, 1.165) is 34.8 Å². The van der Waals surface area contributed by atoms with Crippen LogP contribution in [0.2, 0.25) is 0 Å². The Morgan fingerprint density at radius 2 is 2.38 bits per heavy atom. The quantitative estimate of drug-likeness (QED) is 0.884. The summed E-state index contributed by atoms with van der Waals surface area (Å²) in [6, 6.07) is 1.62. The summed E-state index contributed by atoms with van der Waals surface area (Å²) < 4.78 is 6.92. The first kappa shape index (κ1) is 13.9. The molecule has 0 aromatic carbocycles. The molecule has 2 aromatic rings. The zero-order valence-electron chi connectivity index (χ0n) is 11.9. The van der Waals surface area contributed by atoms with E-state index in [0.29, 0.717) is 0 Å². The number of hydrogen-bond donors (Lipinski definition) is 1. The van der Waals surface area contributed by atoms with Crippen LogP contribution in [0.5, 0.6) is 5.75 Å². The number of aromatic hydroxyl groups is 1. The topological polar surface area (TPSA) is 64.3 Å². The number of nitrogens with zero attached hydrogens (tertiary/aromatic N) is 2. The number of aryl methyl sites for hydroxylation is 2. The van der Waals surface area contributed by atoms with E-state index in [9.17, 15) is 9.90 Å². The summed E-state index contributed by atoms with van der Waals surface area (Å²) in [4.78, 5) is 12.9. The number of rotatable bonds is 3. The minimum atomic E-state index is -0.486. The Kier molecular flexibility index (Phi) is 3.55. The lowest BCUT2D eigenvalue weighted by Gasteiger charge is -2.08. The molecule has 1 aliphatic rings. The van der Waals surface area contributed by atoms with E-state index in [2.05, 4.69) is 11.2 Å². The van der Waals surface area contributed by atoms with Crippen LogP contribution in [0.15, 0.2) is 12.1 Å².